The third kappa shape index (κ3) is 3.34. The summed E-state index contributed by atoms with van der Waals surface area (Å²) in [6, 6.07) is 10.2. The standard InChI is InChI=1S/C15H11BrF2N2/c1-9-4-11(17)7-12(5-9)20-15(8-19)10-2-3-13(16)14(18)6-10/h2-7,15,20H,1H3. The van der Waals surface area contributed by atoms with Crippen molar-refractivity contribution < 1.29 is 8.78 Å². The zero-order chi connectivity index (χ0) is 14.7. The minimum Gasteiger partial charge on any atom is -0.366 e. The molecule has 0 aliphatic carbocycles. The van der Waals surface area contributed by atoms with Crippen LogP contribution in [0.15, 0.2) is 40.9 Å². The molecule has 1 N–H and O–H groups in total. The van der Waals surface area contributed by atoms with Crippen molar-refractivity contribution in [1.29, 1.82) is 5.26 Å². The Hall–Kier alpha value is -1.93. The molecule has 0 fully saturated rings. The molecular weight excluding hydrogens is 326 g/mol. The Labute approximate surface area is 124 Å². The highest BCUT2D eigenvalue weighted by Crippen LogP contribution is 2.24. The van der Waals surface area contributed by atoms with Crippen LogP contribution in [0, 0.1) is 29.9 Å². The van der Waals surface area contributed by atoms with E-state index in [0.29, 0.717) is 15.7 Å². The van der Waals surface area contributed by atoms with Crippen LogP contribution >= 0.6 is 15.9 Å². The molecule has 1 atom stereocenters. The van der Waals surface area contributed by atoms with Crippen LogP contribution in [0.1, 0.15) is 17.2 Å². The maximum atomic E-state index is 13.5. The third-order valence-corrected chi connectivity index (χ3v) is 3.40. The van der Waals surface area contributed by atoms with Gasteiger partial charge in [0.25, 0.3) is 0 Å². The smallest absolute Gasteiger partial charge is 0.140 e. The van der Waals surface area contributed by atoms with E-state index in [0.717, 1.165) is 5.56 Å². The Bertz CT molecular complexity index is 660. The van der Waals surface area contributed by atoms with Gasteiger partial charge in [-0.3, -0.25) is 0 Å². The van der Waals surface area contributed by atoms with Gasteiger partial charge in [0.15, 0.2) is 0 Å². The van der Waals surface area contributed by atoms with E-state index < -0.39 is 11.9 Å². The molecule has 0 amide bonds. The van der Waals surface area contributed by atoms with Gasteiger partial charge in [0.2, 0.25) is 0 Å². The normalized spacial score (nSPS) is 11.8. The fraction of sp³-hybridized carbons (Fsp3) is 0.133. The van der Waals surface area contributed by atoms with Crippen molar-refractivity contribution >= 4 is 21.6 Å². The lowest BCUT2D eigenvalue weighted by Crippen LogP contribution is -2.09. The predicted octanol–water partition coefficient (Wildman–Crippen LogP) is 4.71. The molecular formula is C15H11BrF2N2. The van der Waals surface area contributed by atoms with Gasteiger partial charge in [0.1, 0.15) is 17.7 Å². The average molecular weight is 337 g/mol. The summed E-state index contributed by atoms with van der Waals surface area (Å²) in [5.74, 6) is -0.828. The number of halogens is 3. The highest BCUT2D eigenvalue weighted by molar-refractivity contribution is 9.10. The maximum absolute atomic E-state index is 13.5. The van der Waals surface area contributed by atoms with Gasteiger partial charge in [-0.25, -0.2) is 8.78 Å². The van der Waals surface area contributed by atoms with Crippen molar-refractivity contribution in [3.05, 3.63) is 63.6 Å². The van der Waals surface area contributed by atoms with Gasteiger partial charge in [-0.05, 0) is 64.3 Å². The fourth-order valence-electron chi connectivity index (χ4n) is 1.87. The van der Waals surface area contributed by atoms with Crippen molar-refractivity contribution in [1.82, 2.24) is 0 Å². The Kier molecular flexibility index (Phi) is 4.35. The lowest BCUT2D eigenvalue weighted by atomic mass is 10.1. The number of nitriles is 1. The van der Waals surface area contributed by atoms with Gasteiger partial charge in [0.05, 0.1) is 10.5 Å². The minimum atomic E-state index is -0.751. The lowest BCUT2D eigenvalue weighted by Gasteiger charge is -2.14. The number of benzene rings is 2. The van der Waals surface area contributed by atoms with E-state index in [1.165, 1.54) is 24.3 Å². The van der Waals surface area contributed by atoms with E-state index in [1.54, 1.807) is 19.1 Å². The first-order valence-electron chi connectivity index (χ1n) is 5.88. The summed E-state index contributed by atoms with van der Waals surface area (Å²) in [7, 11) is 0. The van der Waals surface area contributed by atoms with Crippen molar-refractivity contribution in [2.75, 3.05) is 5.32 Å². The summed E-state index contributed by atoms with van der Waals surface area (Å²) in [4.78, 5) is 0. The first-order chi connectivity index (χ1) is 9.49. The molecule has 0 spiro atoms. The molecule has 0 saturated heterocycles. The van der Waals surface area contributed by atoms with Crippen molar-refractivity contribution in [3.63, 3.8) is 0 Å². The molecule has 0 aromatic heterocycles. The number of anilines is 1. The van der Waals surface area contributed by atoms with Crippen LogP contribution in [0.5, 0.6) is 0 Å². The van der Waals surface area contributed by atoms with Gasteiger partial charge >= 0.3 is 0 Å². The zero-order valence-electron chi connectivity index (χ0n) is 10.6. The largest absolute Gasteiger partial charge is 0.366 e. The average Bonchev–Trinajstić information content (AvgIpc) is 2.38. The molecule has 102 valence electrons. The summed E-state index contributed by atoms with van der Waals surface area (Å²) in [6.45, 7) is 1.76. The number of aryl methyl sites for hydroxylation is 1. The predicted molar refractivity (Wildman–Crippen MR) is 77.2 cm³/mol. The Balaban J connectivity index is 2.29. The fourth-order valence-corrected chi connectivity index (χ4v) is 2.12. The number of hydrogen-bond acceptors (Lipinski definition) is 2. The van der Waals surface area contributed by atoms with Gasteiger partial charge in [-0.15, -0.1) is 0 Å². The van der Waals surface area contributed by atoms with Crippen LogP contribution in [0.2, 0.25) is 0 Å². The molecule has 0 aliphatic rings. The summed E-state index contributed by atoms with van der Waals surface area (Å²) in [5.41, 5.74) is 1.71. The molecule has 2 rings (SSSR count). The topological polar surface area (TPSA) is 35.8 Å². The second kappa shape index (κ2) is 6.02. The minimum absolute atomic E-state index is 0.333. The van der Waals surface area contributed by atoms with Crippen LogP contribution in [0.3, 0.4) is 0 Å². The van der Waals surface area contributed by atoms with Gasteiger partial charge in [-0.1, -0.05) is 6.07 Å². The first-order valence-corrected chi connectivity index (χ1v) is 6.67. The molecule has 0 heterocycles. The Morgan fingerprint density at radius 3 is 2.55 bits per heavy atom. The van der Waals surface area contributed by atoms with Gasteiger partial charge < -0.3 is 5.32 Å². The van der Waals surface area contributed by atoms with Crippen molar-refractivity contribution in [3.8, 4) is 6.07 Å². The monoisotopic (exact) mass is 336 g/mol. The van der Waals surface area contributed by atoms with Gasteiger partial charge in [0, 0.05) is 5.69 Å². The molecule has 5 heteroatoms. The molecule has 0 radical (unpaired) electrons. The molecule has 0 bridgehead atoms. The molecule has 2 nitrogen and oxygen atoms in total. The summed E-state index contributed by atoms with van der Waals surface area (Å²) in [6.07, 6.45) is 0. The summed E-state index contributed by atoms with van der Waals surface area (Å²) in [5, 5.41) is 12.1. The van der Waals surface area contributed by atoms with Gasteiger partial charge in [-0.2, -0.15) is 5.26 Å². The van der Waals surface area contributed by atoms with Crippen LogP contribution in [0.4, 0.5) is 14.5 Å². The lowest BCUT2D eigenvalue weighted by molar-refractivity contribution is 0.618. The molecule has 1 unspecified atom stereocenters. The van der Waals surface area contributed by atoms with Crippen LogP contribution < -0.4 is 5.32 Å². The SMILES string of the molecule is Cc1cc(F)cc(NC(C#N)c2ccc(Br)c(F)c2)c1. The molecule has 20 heavy (non-hydrogen) atoms. The zero-order valence-corrected chi connectivity index (χ0v) is 12.2. The first kappa shape index (κ1) is 14.5. The highest BCUT2D eigenvalue weighted by Gasteiger charge is 2.13. The Morgan fingerprint density at radius 2 is 1.95 bits per heavy atom. The van der Waals surface area contributed by atoms with E-state index in [-0.39, 0.29) is 5.82 Å². The van der Waals surface area contributed by atoms with E-state index >= 15 is 0 Å². The molecule has 0 saturated carbocycles. The number of rotatable bonds is 3. The van der Waals surface area contributed by atoms with Crippen LogP contribution in [0.25, 0.3) is 0 Å². The second-order valence-electron chi connectivity index (χ2n) is 4.40. The van der Waals surface area contributed by atoms with Crippen LogP contribution in [-0.4, -0.2) is 0 Å². The van der Waals surface area contributed by atoms with E-state index in [2.05, 4.69) is 21.2 Å². The third-order valence-electron chi connectivity index (χ3n) is 2.76. The molecule has 0 aliphatic heterocycles. The highest BCUT2D eigenvalue weighted by atomic mass is 79.9. The second-order valence-corrected chi connectivity index (χ2v) is 5.25. The maximum Gasteiger partial charge on any atom is 0.140 e. The van der Waals surface area contributed by atoms with Crippen molar-refractivity contribution in [2.24, 2.45) is 0 Å². The number of hydrogen-bond donors (Lipinski definition) is 1. The quantitative estimate of drug-likeness (QED) is 0.880. The number of nitrogens with zero attached hydrogens (tertiary/aromatic N) is 1. The summed E-state index contributed by atoms with van der Waals surface area (Å²) < 4.78 is 27.1. The van der Waals surface area contributed by atoms with Crippen molar-refractivity contribution in [2.45, 2.75) is 13.0 Å². The Morgan fingerprint density at radius 1 is 1.20 bits per heavy atom. The van der Waals surface area contributed by atoms with E-state index in [9.17, 15) is 14.0 Å². The summed E-state index contributed by atoms with van der Waals surface area (Å²) >= 11 is 3.06. The van der Waals surface area contributed by atoms with Crippen LogP contribution in [-0.2, 0) is 0 Å². The molecule has 2 aromatic rings. The van der Waals surface area contributed by atoms with E-state index in [4.69, 9.17) is 0 Å². The van der Waals surface area contributed by atoms with E-state index in [1.807, 2.05) is 6.07 Å². The number of nitrogens with one attached hydrogen (secondary N) is 1. The molecule has 2 aromatic carbocycles.